The highest BCUT2D eigenvalue weighted by atomic mass is 15.5. The van der Waals surface area contributed by atoms with Crippen molar-refractivity contribution in [3.8, 4) is 33.6 Å². The number of hydrogen-bond donors (Lipinski definition) is 2. The molecule has 4 heterocycles. The van der Waals surface area contributed by atoms with Crippen molar-refractivity contribution in [1.29, 1.82) is 0 Å². The molecule has 2 N–H and O–H groups in total. The van der Waals surface area contributed by atoms with Gasteiger partial charge in [-0.2, -0.15) is 5.10 Å². The number of nitrogens with one attached hydrogen (secondary N) is 2. The lowest BCUT2D eigenvalue weighted by atomic mass is 9.96. The van der Waals surface area contributed by atoms with E-state index in [1.807, 2.05) is 41.3 Å². The summed E-state index contributed by atoms with van der Waals surface area (Å²) >= 11 is 0. The Bertz CT molecular complexity index is 1730. The van der Waals surface area contributed by atoms with E-state index in [2.05, 4.69) is 92.3 Å². The Morgan fingerprint density at radius 1 is 0.789 bits per heavy atom. The Morgan fingerprint density at radius 3 is 2.26 bits per heavy atom. The number of fused-ring (bicyclic) bond motifs is 2. The molecule has 0 bridgehead atoms. The Balaban J connectivity index is 1.24. The fourth-order valence-corrected chi connectivity index (χ4v) is 5.69. The number of piperazine rings is 1. The Morgan fingerprint density at radius 2 is 1.53 bits per heavy atom. The number of tetrazole rings is 1. The molecule has 3 aromatic carbocycles. The lowest BCUT2D eigenvalue weighted by molar-refractivity contribution is 0.432. The topological polar surface area (TPSA) is 99.9 Å². The maximum atomic E-state index is 4.85. The first-order valence-corrected chi connectivity index (χ1v) is 12.9. The van der Waals surface area contributed by atoms with Gasteiger partial charge < -0.3 is 10.2 Å². The van der Waals surface area contributed by atoms with Gasteiger partial charge in [0, 0.05) is 59.9 Å². The molecule has 0 spiro atoms. The van der Waals surface area contributed by atoms with Gasteiger partial charge in [0.1, 0.15) is 0 Å². The third kappa shape index (κ3) is 3.71. The number of aromatic nitrogens is 7. The zero-order valence-corrected chi connectivity index (χ0v) is 21.2. The quantitative estimate of drug-likeness (QED) is 0.365. The van der Waals surface area contributed by atoms with Gasteiger partial charge in [0.05, 0.1) is 6.20 Å². The second kappa shape index (κ2) is 9.04. The Labute approximate surface area is 219 Å². The fourth-order valence-electron chi connectivity index (χ4n) is 5.69. The number of aromatic amines is 1. The van der Waals surface area contributed by atoms with Crippen molar-refractivity contribution in [2.24, 2.45) is 0 Å². The maximum Gasteiger partial charge on any atom is 0.180 e. The molecule has 3 aromatic heterocycles. The van der Waals surface area contributed by atoms with E-state index in [9.17, 15) is 0 Å². The molecule has 2 atom stereocenters. The lowest BCUT2D eigenvalue weighted by Gasteiger charge is -2.41. The van der Waals surface area contributed by atoms with Crippen molar-refractivity contribution in [2.45, 2.75) is 25.9 Å². The number of nitrogens with zero attached hydrogens (tertiary/aromatic N) is 7. The van der Waals surface area contributed by atoms with Gasteiger partial charge in [-0.25, -0.2) is 14.6 Å². The summed E-state index contributed by atoms with van der Waals surface area (Å²) in [6.45, 7) is 6.55. The largest absolute Gasteiger partial charge is 0.364 e. The molecule has 1 aliphatic heterocycles. The van der Waals surface area contributed by atoms with E-state index in [-0.39, 0.29) is 0 Å². The molecule has 1 saturated heterocycles. The summed E-state index contributed by atoms with van der Waals surface area (Å²) in [5.41, 5.74) is 7.20. The van der Waals surface area contributed by atoms with Crippen molar-refractivity contribution in [3.63, 3.8) is 0 Å². The molecule has 0 saturated carbocycles. The van der Waals surface area contributed by atoms with E-state index in [1.165, 1.54) is 5.69 Å². The maximum absolute atomic E-state index is 4.85. The first-order chi connectivity index (χ1) is 18.7. The number of H-pyrrole nitrogens is 1. The second-order valence-corrected chi connectivity index (χ2v) is 9.94. The van der Waals surface area contributed by atoms with Crippen molar-refractivity contribution in [3.05, 3.63) is 79.3 Å². The average molecular weight is 502 g/mol. The van der Waals surface area contributed by atoms with Crippen LogP contribution in [0, 0.1) is 0 Å². The van der Waals surface area contributed by atoms with E-state index < -0.39 is 0 Å². The van der Waals surface area contributed by atoms with Crippen LogP contribution in [-0.2, 0) is 0 Å². The summed E-state index contributed by atoms with van der Waals surface area (Å²) in [5.74, 6) is 0.641. The molecule has 6 aromatic rings. The van der Waals surface area contributed by atoms with E-state index in [1.54, 1.807) is 0 Å². The molecule has 38 heavy (non-hydrogen) atoms. The molecular formula is C29H27N9. The Kier molecular flexibility index (Phi) is 5.36. The molecule has 9 nitrogen and oxygen atoms in total. The predicted molar refractivity (Wildman–Crippen MR) is 149 cm³/mol. The SMILES string of the molecule is C[C@@H]1CNC[C@H](C)N1c1ccc(-c2cnc3c(-c4ccc(-c5nnn[nH]5)c5ccccc45)cnn3c2)cc1. The highest BCUT2D eigenvalue weighted by Crippen LogP contribution is 2.36. The van der Waals surface area contributed by atoms with Crippen LogP contribution < -0.4 is 10.2 Å². The monoisotopic (exact) mass is 501 g/mol. The first kappa shape index (κ1) is 22.6. The van der Waals surface area contributed by atoms with Gasteiger partial charge in [0.15, 0.2) is 11.5 Å². The molecule has 9 heteroatoms. The van der Waals surface area contributed by atoms with Crippen LogP contribution in [0.25, 0.3) is 50.1 Å². The normalized spacial score (nSPS) is 17.9. The average Bonchev–Trinajstić information content (AvgIpc) is 3.63. The van der Waals surface area contributed by atoms with Crippen LogP contribution in [0.5, 0.6) is 0 Å². The molecule has 0 unspecified atom stereocenters. The standard InChI is InChI=1S/C29H27N9/c1-18-13-30-14-19(2)38(18)22-9-7-20(8-10-22)21-15-31-29-27(16-32-37(29)17-21)25-11-12-26(28-33-35-36-34-28)24-6-4-3-5-23(24)25/h3-12,15-19,30H,13-14H2,1-2H3,(H,33,34,35,36)/t18-,19+. The van der Waals surface area contributed by atoms with Crippen molar-refractivity contribution in [1.82, 2.24) is 40.5 Å². The van der Waals surface area contributed by atoms with Crippen LogP contribution in [-0.4, -0.2) is 60.4 Å². The van der Waals surface area contributed by atoms with Crippen LogP contribution in [0.1, 0.15) is 13.8 Å². The smallest absolute Gasteiger partial charge is 0.180 e. The minimum absolute atomic E-state index is 0.461. The number of anilines is 1. The van der Waals surface area contributed by atoms with E-state index in [0.29, 0.717) is 17.9 Å². The highest BCUT2D eigenvalue weighted by molar-refractivity contribution is 6.05. The fraction of sp³-hybridized carbons (Fsp3) is 0.207. The van der Waals surface area contributed by atoms with Gasteiger partial charge in [-0.3, -0.25) is 0 Å². The summed E-state index contributed by atoms with van der Waals surface area (Å²) in [7, 11) is 0. The molecule has 0 amide bonds. The minimum atomic E-state index is 0.461. The van der Waals surface area contributed by atoms with Gasteiger partial charge in [-0.15, -0.1) is 5.10 Å². The van der Waals surface area contributed by atoms with Gasteiger partial charge >= 0.3 is 0 Å². The van der Waals surface area contributed by atoms with Gasteiger partial charge in [-0.05, 0) is 64.4 Å². The summed E-state index contributed by atoms with van der Waals surface area (Å²) in [6.07, 6.45) is 5.87. The summed E-state index contributed by atoms with van der Waals surface area (Å²) in [4.78, 5) is 7.35. The molecule has 1 aliphatic rings. The molecule has 1 fully saturated rings. The van der Waals surface area contributed by atoms with Crippen LogP contribution >= 0.6 is 0 Å². The predicted octanol–water partition coefficient (Wildman–Crippen LogP) is 4.58. The minimum Gasteiger partial charge on any atom is -0.364 e. The molecule has 0 aliphatic carbocycles. The lowest BCUT2D eigenvalue weighted by Crippen LogP contribution is -2.55. The van der Waals surface area contributed by atoms with E-state index >= 15 is 0 Å². The summed E-state index contributed by atoms with van der Waals surface area (Å²) < 4.78 is 1.86. The first-order valence-electron chi connectivity index (χ1n) is 12.9. The van der Waals surface area contributed by atoms with Crippen molar-refractivity contribution < 1.29 is 0 Å². The van der Waals surface area contributed by atoms with Crippen LogP contribution in [0.2, 0.25) is 0 Å². The third-order valence-corrected chi connectivity index (χ3v) is 7.50. The molecule has 0 radical (unpaired) electrons. The molecule has 188 valence electrons. The zero-order chi connectivity index (χ0) is 25.6. The second-order valence-electron chi connectivity index (χ2n) is 9.94. The van der Waals surface area contributed by atoms with Crippen LogP contribution in [0.15, 0.2) is 79.3 Å². The number of hydrogen-bond acceptors (Lipinski definition) is 7. The van der Waals surface area contributed by atoms with Gasteiger partial charge in [-0.1, -0.05) is 42.5 Å². The van der Waals surface area contributed by atoms with Crippen LogP contribution in [0.3, 0.4) is 0 Å². The number of rotatable bonds is 4. The van der Waals surface area contributed by atoms with E-state index in [0.717, 1.165) is 57.3 Å². The zero-order valence-electron chi connectivity index (χ0n) is 21.2. The van der Waals surface area contributed by atoms with Crippen LogP contribution in [0.4, 0.5) is 5.69 Å². The van der Waals surface area contributed by atoms with Gasteiger partial charge in [0.2, 0.25) is 0 Å². The number of benzene rings is 3. The highest BCUT2D eigenvalue weighted by Gasteiger charge is 2.24. The van der Waals surface area contributed by atoms with Gasteiger partial charge in [0.25, 0.3) is 0 Å². The third-order valence-electron chi connectivity index (χ3n) is 7.50. The molecular weight excluding hydrogens is 474 g/mol. The summed E-state index contributed by atoms with van der Waals surface area (Å²) in [6, 6.07) is 22.1. The Hall–Kier alpha value is -4.63. The van der Waals surface area contributed by atoms with E-state index in [4.69, 9.17) is 4.98 Å². The molecule has 7 rings (SSSR count). The van der Waals surface area contributed by atoms with Crippen molar-refractivity contribution in [2.75, 3.05) is 18.0 Å². The summed E-state index contributed by atoms with van der Waals surface area (Å²) in [5, 5.41) is 24.8. The van der Waals surface area contributed by atoms with Crippen molar-refractivity contribution >= 4 is 22.1 Å².